The van der Waals surface area contributed by atoms with Crippen LogP contribution in [0.4, 0.5) is 0 Å². The van der Waals surface area contributed by atoms with Crippen molar-refractivity contribution in [2.24, 2.45) is 4.99 Å². The highest BCUT2D eigenvalue weighted by molar-refractivity contribution is 8.13. The van der Waals surface area contributed by atoms with E-state index >= 15 is 0 Å². The molecule has 16 heavy (non-hydrogen) atoms. The number of furan rings is 1. The number of nitrogens with zero attached hydrogens (tertiary/aromatic N) is 1. The van der Waals surface area contributed by atoms with Gasteiger partial charge in [-0.05, 0) is 17.7 Å². The molecule has 0 amide bonds. The molecule has 0 unspecified atom stereocenters. The van der Waals surface area contributed by atoms with Crippen LogP contribution in [0.3, 0.4) is 0 Å². The monoisotopic (exact) mass is 231 g/mol. The van der Waals surface area contributed by atoms with E-state index in [9.17, 15) is 0 Å². The highest BCUT2D eigenvalue weighted by atomic mass is 32.2. The van der Waals surface area contributed by atoms with Crippen LogP contribution >= 0.6 is 11.8 Å². The summed E-state index contributed by atoms with van der Waals surface area (Å²) in [5, 5.41) is 0.939. The second-order valence-corrected chi connectivity index (χ2v) is 4.24. The Labute approximate surface area is 99.4 Å². The molecule has 1 aromatic heterocycles. The van der Waals surface area contributed by atoms with Gasteiger partial charge >= 0.3 is 0 Å². The van der Waals surface area contributed by atoms with Crippen molar-refractivity contribution >= 4 is 16.8 Å². The largest absolute Gasteiger partial charge is 0.462 e. The molecule has 1 heterocycles. The van der Waals surface area contributed by atoms with Gasteiger partial charge in [-0.25, -0.2) is 0 Å². The Hall–Kier alpha value is -1.48. The van der Waals surface area contributed by atoms with E-state index in [1.807, 2.05) is 30.3 Å². The standard InChI is InChI=1S/C13H13NOS/c1-14-13(12-8-5-9-15-12)16-10-11-6-3-2-4-7-11/h2-9H,10H2,1H3/b14-13-. The molecule has 0 spiro atoms. The lowest BCUT2D eigenvalue weighted by molar-refractivity contribution is 0.559. The fraction of sp³-hybridized carbons (Fsp3) is 0.154. The normalized spacial score (nSPS) is 11.7. The maximum Gasteiger partial charge on any atom is 0.158 e. The first-order chi connectivity index (χ1) is 7.90. The van der Waals surface area contributed by atoms with Crippen molar-refractivity contribution in [2.45, 2.75) is 5.75 Å². The molecule has 0 N–H and O–H groups in total. The lowest BCUT2D eigenvalue weighted by Crippen LogP contribution is -1.94. The van der Waals surface area contributed by atoms with Crippen LogP contribution in [-0.2, 0) is 5.75 Å². The zero-order valence-electron chi connectivity index (χ0n) is 9.09. The van der Waals surface area contributed by atoms with Crippen molar-refractivity contribution in [3.05, 3.63) is 60.1 Å². The van der Waals surface area contributed by atoms with E-state index in [-0.39, 0.29) is 0 Å². The van der Waals surface area contributed by atoms with Crippen molar-refractivity contribution in [1.29, 1.82) is 0 Å². The van der Waals surface area contributed by atoms with Gasteiger partial charge in [0.1, 0.15) is 5.04 Å². The lowest BCUT2D eigenvalue weighted by Gasteiger charge is -2.02. The Morgan fingerprint density at radius 2 is 2.00 bits per heavy atom. The van der Waals surface area contributed by atoms with E-state index in [4.69, 9.17) is 4.42 Å². The third-order valence-corrected chi connectivity index (χ3v) is 3.29. The Balaban J connectivity index is 2.00. The molecular formula is C13H13NOS. The second kappa shape index (κ2) is 5.56. The first-order valence-corrected chi connectivity index (χ1v) is 6.06. The van der Waals surface area contributed by atoms with Crippen molar-refractivity contribution < 1.29 is 4.42 Å². The molecule has 0 aliphatic carbocycles. The number of hydrogen-bond acceptors (Lipinski definition) is 3. The van der Waals surface area contributed by atoms with Gasteiger partial charge in [-0.2, -0.15) is 0 Å². The fourth-order valence-electron chi connectivity index (χ4n) is 1.37. The topological polar surface area (TPSA) is 25.5 Å². The molecule has 0 aliphatic heterocycles. The number of hydrogen-bond donors (Lipinski definition) is 0. The smallest absolute Gasteiger partial charge is 0.158 e. The van der Waals surface area contributed by atoms with Crippen LogP contribution in [0, 0.1) is 0 Å². The average molecular weight is 231 g/mol. The summed E-state index contributed by atoms with van der Waals surface area (Å²) in [5.74, 6) is 1.75. The van der Waals surface area contributed by atoms with Crippen molar-refractivity contribution in [1.82, 2.24) is 0 Å². The first kappa shape index (κ1) is 11.0. The molecule has 82 valence electrons. The van der Waals surface area contributed by atoms with Crippen LogP contribution in [0.1, 0.15) is 11.3 Å². The minimum atomic E-state index is 0.837. The Morgan fingerprint density at radius 3 is 2.62 bits per heavy atom. The lowest BCUT2D eigenvalue weighted by atomic mass is 10.2. The Bertz CT molecular complexity index is 448. The predicted molar refractivity (Wildman–Crippen MR) is 68.9 cm³/mol. The highest BCUT2D eigenvalue weighted by Crippen LogP contribution is 2.19. The van der Waals surface area contributed by atoms with Gasteiger partial charge < -0.3 is 4.42 Å². The molecule has 2 nitrogen and oxygen atoms in total. The SMILES string of the molecule is C/N=C(\SCc1ccccc1)c1ccco1. The van der Waals surface area contributed by atoms with E-state index < -0.39 is 0 Å². The summed E-state index contributed by atoms with van der Waals surface area (Å²) in [6.45, 7) is 0. The first-order valence-electron chi connectivity index (χ1n) is 5.07. The molecule has 0 atom stereocenters. The van der Waals surface area contributed by atoms with E-state index in [1.165, 1.54) is 5.56 Å². The summed E-state index contributed by atoms with van der Waals surface area (Å²) in [6.07, 6.45) is 1.67. The molecular weight excluding hydrogens is 218 g/mol. The fourth-order valence-corrected chi connectivity index (χ4v) is 2.26. The number of benzene rings is 1. The minimum Gasteiger partial charge on any atom is -0.462 e. The number of rotatable bonds is 3. The van der Waals surface area contributed by atoms with E-state index in [0.29, 0.717) is 0 Å². The Morgan fingerprint density at radius 1 is 1.19 bits per heavy atom. The molecule has 0 fully saturated rings. The highest BCUT2D eigenvalue weighted by Gasteiger charge is 2.06. The van der Waals surface area contributed by atoms with E-state index in [2.05, 4.69) is 17.1 Å². The van der Waals surface area contributed by atoms with Gasteiger partial charge in [0.25, 0.3) is 0 Å². The van der Waals surface area contributed by atoms with E-state index in [0.717, 1.165) is 16.6 Å². The number of aliphatic imine (C=N–C) groups is 1. The van der Waals surface area contributed by atoms with Gasteiger partial charge in [-0.3, -0.25) is 4.99 Å². The summed E-state index contributed by atoms with van der Waals surface area (Å²) in [4.78, 5) is 4.23. The van der Waals surface area contributed by atoms with Gasteiger partial charge in [0.05, 0.1) is 6.26 Å². The van der Waals surface area contributed by atoms with Crippen LogP contribution in [0.5, 0.6) is 0 Å². The van der Waals surface area contributed by atoms with Crippen LogP contribution in [-0.4, -0.2) is 12.1 Å². The predicted octanol–water partition coefficient (Wildman–Crippen LogP) is 3.59. The Kier molecular flexibility index (Phi) is 3.83. The zero-order valence-corrected chi connectivity index (χ0v) is 9.91. The minimum absolute atomic E-state index is 0.837. The van der Waals surface area contributed by atoms with Crippen LogP contribution in [0.15, 0.2) is 58.1 Å². The van der Waals surface area contributed by atoms with Crippen LogP contribution in [0.2, 0.25) is 0 Å². The summed E-state index contributed by atoms with van der Waals surface area (Å²) in [7, 11) is 1.79. The number of thioether (sulfide) groups is 1. The van der Waals surface area contributed by atoms with Gasteiger partial charge in [-0.1, -0.05) is 42.1 Å². The summed E-state index contributed by atoms with van der Waals surface area (Å²) >= 11 is 1.69. The average Bonchev–Trinajstić information content (AvgIpc) is 2.85. The van der Waals surface area contributed by atoms with Crippen LogP contribution in [0.25, 0.3) is 0 Å². The van der Waals surface area contributed by atoms with Crippen molar-refractivity contribution in [3.8, 4) is 0 Å². The van der Waals surface area contributed by atoms with E-state index in [1.54, 1.807) is 25.1 Å². The maximum absolute atomic E-state index is 5.32. The zero-order chi connectivity index (χ0) is 11.2. The van der Waals surface area contributed by atoms with Gasteiger partial charge in [0.15, 0.2) is 5.76 Å². The molecule has 0 radical (unpaired) electrons. The molecule has 1 aromatic carbocycles. The second-order valence-electron chi connectivity index (χ2n) is 3.28. The molecule has 0 saturated carbocycles. The maximum atomic E-state index is 5.32. The molecule has 3 heteroatoms. The van der Waals surface area contributed by atoms with Gasteiger partial charge in [-0.15, -0.1) is 0 Å². The quantitative estimate of drug-likeness (QED) is 0.596. The van der Waals surface area contributed by atoms with Crippen LogP contribution < -0.4 is 0 Å². The third-order valence-electron chi connectivity index (χ3n) is 2.15. The summed E-state index contributed by atoms with van der Waals surface area (Å²) < 4.78 is 5.32. The summed E-state index contributed by atoms with van der Waals surface area (Å²) in [5.41, 5.74) is 1.29. The molecule has 2 aromatic rings. The summed E-state index contributed by atoms with van der Waals surface area (Å²) in [6, 6.07) is 14.2. The third kappa shape index (κ3) is 2.76. The molecule has 0 saturated heterocycles. The molecule has 2 rings (SSSR count). The van der Waals surface area contributed by atoms with Gasteiger partial charge in [0.2, 0.25) is 0 Å². The van der Waals surface area contributed by atoms with Gasteiger partial charge in [0, 0.05) is 12.8 Å². The van der Waals surface area contributed by atoms with Crippen molar-refractivity contribution in [2.75, 3.05) is 7.05 Å². The molecule has 0 aliphatic rings. The van der Waals surface area contributed by atoms with Crippen molar-refractivity contribution in [3.63, 3.8) is 0 Å². The molecule has 0 bridgehead atoms.